The first-order chi connectivity index (χ1) is 19.1. The Labute approximate surface area is 227 Å². The topological polar surface area (TPSA) is 78.3 Å². The number of carbonyl (C=O) groups is 1. The number of nitrogens with zero attached hydrogens (tertiary/aromatic N) is 4. The van der Waals surface area contributed by atoms with Crippen LogP contribution in [0.2, 0.25) is 0 Å². The molecule has 2 aliphatic rings. The Morgan fingerprint density at radius 2 is 1.49 bits per heavy atom. The van der Waals surface area contributed by atoms with Gasteiger partial charge in [-0.3, -0.25) is 9.69 Å². The molecule has 1 amide bonds. The van der Waals surface area contributed by atoms with Crippen molar-refractivity contribution in [1.29, 1.82) is 0 Å². The summed E-state index contributed by atoms with van der Waals surface area (Å²) in [5, 5.41) is 4.83. The summed E-state index contributed by atoms with van der Waals surface area (Å²) in [4.78, 5) is 18.1. The zero-order valence-electron chi connectivity index (χ0n) is 22.0. The van der Waals surface area contributed by atoms with E-state index in [4.69, 9.17) is 24.0 Å². The maximum Gasteiger partial charge on any atom is 0.272 e. The molecule has 0 aliphatic carbocycles. The van der Waals surface area contributed by atoms with Gasteiger partial charge in [-0.2, -0.15) is 5.10 Å². The van der Waals surface area contributed by atoms with E-state index >= 15 is 0 Å². The zero-order chi connectivity index (χ0) is 26.8. The van der Waals surface area contributed by atoms with Gasteiger partial charge in [0.1, 0.15) is 17.2 Å². The van der Waals surface area contributed by atoms with Crippen molar-refractivity contribution in [2.75, 3.05) is 47.2 Å². The Kier molecular flexibility index (Phi) is 6.81. The quantitative estimate of drug-likeness (QED) is 0.356. The summed E-state index contributed by atoms with van der Waals surface area (Å²) >= 11 is 0. The molecule has 1 saturated heterocycles. The van der Waals surface area contributed by atoms with Crippen LogP contribution in [0.25, 0.3) is 16.9 Å². The van der Waals surface area contributed by atoms with Crippen molar-refractivity contribution in [3.8, 4) is 39.9 Å². The Balaban J connectivity index is 1.21. The van der Waals surface area contributed by atoms with Gasteiger partial charge in [-0.25, -0.2) is 4.68 Å². The predicted octanol–water partition coefficient (Wildman–Crippen LogP) is 4.24. The molecule has 0 radical (unpaired) electrons. The molecule has 39 heavy (non-hydrogen) atoms. The maximum atomic E-state index is 13.8. The van der Waals surface area contributed by atoms with Gasteiger partial charge in [0.2, 0.25) is 6.79 Å². The summed E-state index contributed by atoms with van der Waals surface area (Å²) in [7, 11) is 3.27. The molecule has 3 heterocycles. The van der Waals surface area contributed by atoms with Crippen LogP contribution in [0, 0.1) is 0 Å². The van der Waals surface area contributed by atoms with E-state index in [0.29, 0.717) is 18.8 Å². The first-order valence-corrected chi connectivity index (χ1v) is 12.9. The monoisotopic (exact) mass is 526 g/mol. The Morgan fingerprint density at radius 3 is 2.18 bits per heavy atom. The molecule has 6 rings (SSSR count). The first-order valence-electron chi connectivity index (χ1n) is 12.9. The van der Waals surface area contributed by atoms with E-state index in [1.807, 2.05) is 71.6 Å². The molecule has 0 saturated carbocycles. The lowest BCUT2D eigenvalue weighted by Gasteiger charge is -2.34. The summed E-state index contributed by atoms with van der Waals surface area (Å²) in [5.41, 5.74) is 4.11. The molecular weight excluding hydrogens is 496 g/mol. The standard InChI is InChI=1S/C30H30N4O5/c1-36-24-8-4-22(5-9-24)26-18-27(34(31-26)23-6-10-25(37-2)11-7-23)30(35)33-15-13-32(14-16-33)19-21-3-12-28-29(17-21)39-20-38-28/h3-12,17-18H,13-16,19-20H2,1-2H3. The highest BCUT2D eigenvalue weighted by atomic mass is 16.7. The lowest BCUT2D eigenvalue weighted by Crippen LogP contribution is -2.48. The fourth-order valence-corrected chi connectivity index (χ4v) is 4.93. The van der Waals surface area contributed by atoms with Crippen molar-refractivity contribution in [3.05, 3.63) is 84.1 Å². The van der Waals surface area contributed by atoms with Crippen molar-refractivity contribution in [2.24, 2.45) is 0 Å². The maximum absolute atomic E-state index is 13.8. The highest BCUT2D eigenvalue weighted by Gasteiger charge is 2.27. The number of rotatable bonds is 7. The van der Waals surface area contributed by atoms with E-state index in [0.717, 1.165) is 59.6 Å². The first kappa shape index (κ1) is 24.8. The summed E-state index contributed by atoms with van der Waals surface area (Å²) in [6, 6.07) is 23.2. The summed E-state index contributed by atoms with van der Waals surface area (Å²) in [6.07, 6.45) is 0. The lowest BCUT2D eigenvalue weighted by molar-refractivity contribution is 0.0619. The number of aromatic nitrogens is 2. The van der Waals surface area contributed by atoms with Crippen LogP contribution in [-0.2, 0) is 6.54 Å². The van der Waals surface area contributed by atoms with Crippen LogP contribution in [0.3, 0.4) is 0 Å². The number of fused-ring (bicyclic) bond motifs is 1. The molecule has 0 unspecified atom stereocenters. The van der Waals surface area contributed by atoms with Crippen molar-refractivity contribution in [1.82, 2.24) is 19.6 Å². The number of hydrogen-bond acceptors (Lipinski definition) is 7. The number of hydrogen-bond donors (Lipinski definition) is 0. The molecule has 0 N–H and O–H groups in total. The molecular formula is C30H30N4O5. The second-order valence-corrected chi connectivity index (χ2v) is 9.51. The lowest BCUT2D eigenvalue weighted by atomic mass is 10.1. The van der Waals surface area contributed by atoms with E-state index in [1.165, 1.54) is 5.56 Å². The fourth-order valence-electron chi connectivity index (χ4n) is 4.93. The fraction of sp³-hybridized carbons (Fsp3) is 0.267. The largest absolute Gasteiger partial charge is 0.497 e. The number of carbonyl (C=O) groups excluding carboxylic acids is 1. The molecule has 1 aromatic heterocycles. The van der Waals surface area contributed by atoms with Gasteiger partial charge in [0.05, 0.1) is 25.6 Å². The minimum absolute atomic E-state index is 0.0409. The molecule has 4 aromatic rings. The highest BCUT2D eigenvalue weighted by molar-refractivity contribution is 5.94. The summed E-state index contributed by atoms with van der Waals surface area (Å²) in [5.74, 6) is 3.05. The predicted molar refractivity (Wildman–Crippen MR) is 146 cm³/mol. The van der Waals surface area contributed by atoms with Crippen LogP contribution < -0.4 is 18.9 Å². The smallest absolute Gasteiger partial charge is 0.272 e. The van der Waals surface area contributed by atoms with Gasteiger partial charge in [-0.1, -0.05) is 6.07 Å². The third kappa shape index (κ3) is 5.13. The highest BCUT2D eigenvalue weighted by Crippen LogP contribution is 2.33. The van der Waals surface area contributed by atoms with Crippen LogP contribution in [0.1, 0.15) is 16.1 Å². The number of amides is 1. The molecule has 2 aliphatic heterocycles. The Morgan fingerprint density at radius 1 is 0.821 bits per heavy atom. The molecule has 9 heteroatoms. The molecule has 1 fully saturated rings. The second-order valence-electron chi connectivity index (χ2n) is 9.51. The van der Waals surface area contributed by atoms with Gasteiger partial charge < -0.3 is 23.8 Å². The van der Waals surface area contributed by atoms with Crippen molar-refractivity contribution < 1.29 is 23.7 Å². The van der Waals surface area contributed by atoms with E-state index in [2.05, 4.69) is 11.0 Å². The number of methoxy groups -OCH3 is 2. The number of piperazine rings is 1. The third-order valence-electron chi connectivity index (χ3n) is 7.13. The van der Waals surface area contributed by atoms with Gasteiger partial charge in [-0.05, 0) is 72.3 Å². The van der Waals surface area contributed by atoms with Crippen LogP contribution in [0.4, 0.5) is 0 Å². The van der Waals surface area contributed by atoms with Gasteiger partial charge in [0, 0.05) is 38.3 Å². The normalized spacial score (nSPS) is 14.9. The molecule has 9 nitrogen and oxygen atoms in total. The summed E-state index contributed by atoms with van der Waals surface area (Å²) in [6.45, 7) is 3.89. The average molecular weight is 527 g/mol. The minimum Gasteiger partial charge on any atom is -0.497 e. The SMILES string of the molecule is COc1ccc(-c2cc(C(=O)N3CCN(Cc4ccc5c(c4)OCO5)CC3)n(-c3ccc(OC)cc3)n2)cc1. The van der Waals surface area contributed by atoms with E-state index in [-0.39, 0.29) is 12.7 Å². The average Bonchev–Trinajstić information content (AvgIpc) is 3.65. The molecule has 0 spiro atoms. The third-order valence-corrected chi connectivity index (χ3v) is 7.13. The van der Waals surface area contributed by atoms with E-state index in [1.54, 1.807) is 18.9 Å². The molecule has 200 valence electrons. The van der Waals surface area contributed by atoms with Gasteiger partial charge in [-0.15, -0.1) is 0 Å². The van der Waals surface area contributed by atoms with E-state index in [9.17, 15) is 4.79 Å². The van der Waals surface area contributed by atoms with Gasteiger partial charge in [0.15, 0.2) is 11.5 Å². The molecule has 0 atom stereocenters. The van der Waals surface area contributed by atoms with Crippen LogP contribution in [-0.4, -0.2) is 72.7 Å². The van der Waals surface area contributed by atoms with Crippen molar-refractivity contribution >= 4 is 5.91 Å². The Hall–Kier alpha value is -4.50. The summed E-state index contributed by atoms with van der Waals surface area (Å²) < 4.78 is 23.3. The van der Waals surface area contributed by atoms with Gasteiger partial charge >= 0.3 is 0 Å². The van der Waals surface area contributed by atoms with Crippen LogP contribution in [0.15, 0.2) is 72.8 Å². The van der Waals surface area contributed by atoms with E-state index < -0.39 is 0 Å². The van der Waals surface area contributed by atoms with Gasteiger partial charge in [0.25, 0.3) is 5.91 Å². The van der Waals surface area contributed by atoms with Crippen LogP contribution in [0.5, 0.6) is 23.0 Å². The number of benzene rings is 3. The second kappa shape index (κ2) is 10.7. The van der Waals surface area contributed by atoms with Crippen molar-refractivity contribution in [3.63, 3.8) is 0 Å². The Bertz CT molecular complexity index is 1460. The van der Waals surface area contributed by atoms with Crippen molar-refractivity contribution in [2.45, 2.75) is 6.54 Å². The molecule has 0 bridgehead atoms. The van der Waals surface area contributed by atoms with Crippen LogP contribution >= 0.6 is 0 Å². The number of ether oxygens (including phenoxy) is 4. The zero-order valence-corrected chi connectivity index (χ0v) is 22.0. The molecule has 3 aromatic carbocycles. The minimum atomic E-state index is -0.0409.